The third-order valence-corrected chi connectivity index (χ3v) is 5.60. The molecular formula is C25H22N4O2. The number of ether oxygens (including phenoxy) is 1. The molecule has 0 aliphatic carbocycles. The van der Waals surface area contributed by atoms with E-state index in [1.54, 1.807) is 4.90 Å². The zero-order valence-electron chi connectivity index (χ0n) is 17.0. The molecule has 0 bridgehead atoms. The van der Waals surface area contributed by atoms with Crippen LogP contribution >= 0.6 is 0 Å². The lowest BCUT2D eigenvalue weighted by molar-refractivity contribution is -0.131. The van der Waals surface area contributed by atoms with Crippen molar-refractivity contribution < 1.29 is 9.53 Å². The minimum atomic E-state index is -0.0453. The second-order valence-electron chi connectivity index (χ2n) is 7.65. The van der Waals surface area contributed by atoms with E-state index in [2.05, 4.69) is 57.5 Å². The molecule has 1 aliphatic rings. The summed E-state index contributed by atoms with van der Waals surface area (Å²) in [5.41, 5.74) is 4.15. The highest BCUT2D eigenvalue weighted by molar-refractivity contribution is 5.88. The second kappa shape index (κ2) is 8.07. The molecule has 2 aromatic carbocycles. The summed E-state index contributed by atoms with van der Waals surface area (Å²) in [6.07, 6.45) is 5.72. The molecule has 4 aromatic rings. The van der Waals surface area contributed by atoms with E-state index in [4.69, 9.17) is 4.74 Å². The van der Waals surface area contributed by atoms with Crippen molar-refractivity contribution in [3.05, 3.63) is 97.0 Å². The van der Waals surface area contributed by atoms with Crippen LogP contribution in [0.3, 0.4) is 0 Å². The minimum Gasteiger partial charge on any atom is -0.437 e. The average Bonchev–Trinajstić information content (AvgIpc) is 3.19. The average molecular weight is 410 g/mol. The fourth-order valence-corrected chi connectivity index (χ4v) is 3.90. The Labute approximate surface area is 180 Å². The highest BCUT2D eigenvalue weighted by Crippen LogP contribution is 2.32. The number of hydrogen-bond donors (Lipinski definition) is 0. The Kier molecular flexibility index (Phi) is 4.96. The van der Waals surface area contributed by atoms with Crippen LogP contribution in [-0.4, -0.2) is 38.4 Å². The predicted octanol–water partition coefficient (Wildman–Crippen LogP) is 4.38. The summed E-state index contributed by atoms with van der Waals surface area (Å²) < 4.78 is 8.24. The molecule has 0 N–H and O–H groups in total. The molecule has 0 spiro atoms. The Morgan fingerprint density at radius 2 is 1.77 bits per heavy atom. The number of likely N-dealkylation sites (tertiary alicyclic amines) is 1. The van der Waals surface area contributed by atoms with Crippen molar-refractivity contribution in [1.29, 1.82) is 0 Å². The summed E-state index contributed by atoms with van der Waals surface area (Å²) in [6, 6.07) is 20.6. The van der Waals surface area contributed by atoms with Crippen molar-refractivity contribution in [3.8, 4) is 11.6 Å². The van der Waals surface area contributed by atoms with Gasteiger partial charge in [-0.05, 0) is 41.8 Å². The summed E-state index contributed by atoms with van der Waals surface area (Å²) in [5.74, 6) is 1.19. The van der Waals surface area contributed by atoms with E-state index in [0.29, 0.717) is 19.0 Å². The van der Waals surface area contributed by atoms with Crippen LogP contribution < -0.4 is 4.74 Å². The largest absolute Gasteiger partial charge is 0.437 e. The molecule has 6 heteroatoms. The maximum atomic E-state index is 11.8. The molecule has 1 saturated heterocycles. The van der Waals surface area contributed by atoms with Gasteiger partial charge in [0.15, 0.2) is 0 Å². The van der Waals surface area contributed by atoms with Gasteiger partial charge in [0, 0.05) is 19.3 Å². The van der Waals surface area contributed by atoms with E-state index in [1.807, 2.05) is 30.5 Å². The molecular weight excluding hydrogens is 388 g/mol. The lowest BCUT2D eigenvalue weighted by Crippen LogP contribution is -2.49. The quantitative estimate of drug-likeness (QED) is 0.443. The van der Waals surface area contributed by atoms with Crippen LogP contribution in [0.4, 0.5) is 0 Å². The second-order valence-corrected chi connectivity index (χ2v) is 7.65. The highest BCUT2D eigenvalue weighted by Gasteiger charge is 2.32. The van der Waals surface area contributed by atoms with E-state index >= 15 is 0 Å². The highest BCUT2D eigenvalue weighted by atomic mass is 16.5. The van der Waals surface area contributed by atoms with Gasteiger partial charge in [-0.1, -0.05) is 49.0 Å². The van der Waals surface area contributed by atoms with Gasteiger partial charge < -0.3 is 14.2 Å². The van der Waals surface area contributed by atoms with Gasteiger partial charge in [-0.2, -0.15) is 4.98 Å². The van der Waals surface area contributed by atoms with E-state index in [1.165, 1.54) is 23.5 Å². The van der Waals surface area contributed by atoms with Crippen molar-refractivity contribution in [3.63, 3.8) is 0 Å². The number of carbonyl (C=O) groups is 1. The molecule has 0 atom stereocenters. The molecule has 2 aromatic heterocycles. The molecule has 0 unspecified atom stereocenters. The Balaban J connectivity index is 1.35. The number of carbonyl (C=O) groups excluding carboxylic acids is 1. The standard InChI is InChI=1S/C25H22N4O2/c1-2-23(30)28-15-20(16-28)29-13-12-22-24(29)25(27-17-26-22)31-21-10-8-19(9-11-21)14-18-6-4-3-5-7-18/h2-13,17,20H,1,14-16H2. The number of rotatable bonds is 6. The summed E-state index contributed by atoms with van der Waals surface area (Å²) >= 11 is 0. The molecule has 154 valence electrons. The smallest absolute Gasteiger partial charge is 0.247 e. The number of nitrogens with zero attached hydrogens (tertiary/aromatic N) is 4. The maximum absolute atomic E-state index is 11.8. The lowest BCUT2D eigenvalue weighted by Gasteiger charge is -2.39. The van der Waals surface area contributed by atoms with Gasteiger partial charge in [-0.3, -0.25) is 4.79 Å². The summed E-state index contributed by atoms with van der Waals surface area (Å²) in [4.78, 5) is 22.3. The molecule has 0 radical (unpaired) electrons. The van der Waals surface area contributed by atoms with E-state index in [9.17, 15) is 4.79 Å². The van der Waals surface area contributed by atoms with Gasteiger partial charge in [-0.15, -0.1) is 0 Å². The van der Waals surface area contributed by atoms with Crippen molar-refractivity contribution in [2.75, 3.05) is 13.1 Å². The Morgan fingerprint density at radius 1 is 1.03 bits per heavy atom. The van der Waals surface area contributed by atoms with E-state index < -0.39 is 0 Å². The van der Waals surface area contributed by atoms with Gasteiger partial charge in [0.1, 0.15) is 17.6 Å². The van der Waals surface area contributed by atoms with E-state index in [-0.39, 0.29) is 11.9 Å². The lowest BCUT2D eigenvalue weighted by atomic mass is 10.1. The summed E-state index contributed by atoms with van der Waals surface area (Å²) in [6.45, 7) is 4.83. The molecule has 31 heavy (non-hydrogen) atoms. The van der Waals surface area contributed by atoms with E-state index in [0.717, 1.165) is 23.2 Å². The Morgan fingerprint density at radius 3 is 2.52 bits per heavy atom. The minimum absolute atomic E-state index is 0.0453. The van der Waals surface area contributed by atoms with Crippen LogP contribution in [0.2, 0.25) is 0 Å². The fourth-order valence-electron chi connectivity index (χ4n) is 3.90. The molecule has 1 aliphatic heterocycles. The fraction of sp³-hybridized carbons (Fsp3) is 0.160. The van der Waals surface area contributed by atoms with Crippen LogP contribution in [0.1, 0.15) is 17.2 Å². The zero-order valence-corrected chi connectivity index (χ0v) is 17.0. The number of aromatic nitrogens is 3. The summed E-state index contributed by atoms with van der Waals surface area (Å²) in [7, 11) is 0. The van der Waals surface area contributed by atoms with Crippen LogP contribution in [-0.2, 0) is 11.2 Å². The van der Waals surface area contributed by atoms with Crippen LogP contribution in [0, 0.1) is 0 Å². The van der Waals surface area contributed by atoms with Crippen molar-refractivity contribution >= 4 is 16.9 Å². The Bertz CT molecular complexity index is 1230. The van der Waals surface area contributed by atoms with Crippen molar-refractivity contribution in [2.24, 2.45) is 0 Å². The monoisotopic (exact) mass is 410 g/mol. The zero-order chi connectivity index (χ0) is 21.2. The van der Waals surface area contributed by atoms with Crippen LogP contribution in [0.5, 0.6) is 11.6 Å². The molecule has 1 fully saturated rings. The molecule has 6 nitrogen and oxygen atoms in total. The van der Waals surface area contributed by atoms with Gasteiger partial charge >= 0.3 is 0 Å². The Hall–Kier alpha value is -3.93. The first-order chi connectivity index (χ1) is 15.2. The third-order valence-electron chi connectivity index (χ3n) is 5.60. The topological polar surface area (TPSA) is 60.2 Å². The SMILES string of the molecule is C=CC(=O)N1CC(n2ccc3ncnc(Oc4ccc(Cc5ccccc5)cc4)c32)C1. The molecule has 3 heterocycles. The molecule has 5 rings (SSSR count). The van der Waals surface area contributed by atoms with Gasteiger partial charge in [-0.25, -0.2) is 4.98 Å². The van der Waals surface area contributed by atoms with Gasteiger partial charge in [0.05, 0.1) is 11.6 Å². The number of amides is 1. The predicted molar refractivity (Wildman–Crippen MR) is 119 cm³/mol. The van der Waals surface area contributed by atoms with Gasteiger partial charge in [0.2, 0.25) is 11.8 Å². The third kappa shape index (κ3) is 3.80. The normalized spacial score (nSPS) is 13.7. The first kappa shape index (κ1) is 19.1. The van der Waals surface area contributed by atoms with Crippen LogP contribution in [0.15, 0.2) is 85.8 Å². The first-order valence-corrected chi connectivity index (χ1v) is 10.2. The maximum Gasteiger partial charge on any atom is 0.247 e. The summed E-state index contributed by atoms with van der Waals surface area (Å²) in [5, 5.41) is 0. The van der Waals surface area contributed by atoms with Gasteiger partial charge in [0.25, 0.3) is 0 Å². The number of benzene rings is 2. The molecule has 0 saturated carbocycles. The number of fused-ring (bicyclic) bond motifs is 1. The van der Waals surface area contributed by atoms with Crippen molar-refractivity contribution in [1.82, 2.24) is 19.4 Å². The van der Waals surface area contributed by atoms with Crippen molar-refractivity contribution in [2.45, 2.75) is 12.5 Å². The van der Waals surface area contributed by atoms with Crippen LogP contribution in [0.25, 0.3) is 11.0 Å². The number of hydrogen-bond acceptors (Lipinski definition) is 4. The first-order valence-electron chi connectivity index (χ1n) is 10.2. The molecule has 1 amide bonds.